The molecule has 180 valence electrons. The standard InChI is InChI=1S/C26H23N7O3/c34-23(16-20-15-22(32-36-20)17-5-8-27-9-6-17)29-19-3-1-18(2-4-19)25-30-21-7-10-28-26(24(21)31-25)33-11-13-35-14-12-33/h1-10,15H,11-14,16H2,(H,29,34)(H,30,31). The van der Waals surface area contributed by atoms with Gasteiger partial charge in [-0.2, -0.15) is 0 Å². The highest BCUT2D eigenvalue weighted by atomic mass is 16.5. The third-order valence-electron chi connectivity index (χ3n) is 6.00. The van der Waals surface area contributed by atoms with Crippen molar-refractivity contribution in [2.75, 3.05) is 36.5 Å². The number of ether oxygens (including phenoxy) is 1. The van der Waals surface area contributed by atoms with E-state index in [9.17, 15) is 4.79 Å². The number of hydrogen-bond acceptors (Lipinski definition) is 8. The first-order chi connectivity index (χ1) is 17.7. The number of H-pyrrole nitrogens is 1. The molecule has 0 atom stereocenters. The van der Waals surface area contributed by atoms with Crippen LogP contribution < -0.4 is 10.2 Å². The van der Waals surface area contributed by atoms with Gasteiger partial charge in [0.05, 0.1) is 25.2 Å². The second kappa shape index (κ2) is 9.59. The second-order valence-corrected chi connectivity index (χ2v) is 8.43. The van der Waals surface area contributed by atoms with Gasteiger partial charge in [0.2, 0.25) is 5.91 Å². The first-order valence-electron chi connectivity index (χ1n) is 11.7. The SMILES string of the molecule is O=C(Cc1cc(-c2ccncc2)no1)Nc1ccc(-c2nc3c(N4CCOCC4)nccc3[nH]2)cc1. The predicted octanol–water partition coefficient (Wildman–Crippen LogP) is 3.69. The number of amides is 1. The van der Waals surface area contributed by atoms with Crippen LogP contribution in [0.1, 0.15) is 5.76 Å². The Morgan fingerprint density at radius 2 is 1.81 bits per heavy atom. The lowest BCUT2D eigenvalue weighted by Crippen LogP contribution is -2.36. The largest absolute Gasteiger partial charge is 0.378 e. The molecule has 1 fully saturated rings. The van der Waals surface area contributed by atoms with E-state index < -0.39 is 0 Å². The van der Waals surface area contributed by atoms with Gasteiger partial charge in [-0.1, -0.05) is 5.16 Å². The van der Waals surface area contributed by atoms with Gasteiger partial charge in [0.1, 0.15) is 22.8 Å². The summed E-state index contributed by atoms with van der Waals surface area (Å²) in [4.78, 5) is 31.5. The van der Waals surface area contributed by atoms with Crippen LogP contribution in [0, 0.1) is 0 Å². The summed E-state index contributed by atoms with van der Waals surface area (Å²) in [5.41, 5.74) is 4.91. The van der Waals surface area contributed by atoms with E-state index in [4.69, 9.17) is 14.2 Å². The molecule has 1 aliphatic rings. The van der Waals surface area contributed by atoms with Crippen LogP contribution in [0.15, 0.2) is 71.6 Å². The Hall–Kier alpha value is -4.57. The summed E-state index contributed by atoms with van der Waals surface area (Å²) >= 11 is 0. The molecule has 1 amide bonds. The number of aromatic nitrogens is 5. The average Bonchev–Trinajstić information content (AvgIpc) is 3.57. The van der Waals surface area contributed by atoms with Gasteiger partial charge in [0.25, 0.3) is 0 Å². The Bertz CT molecular complexity index is 1490. The van der Waals surface area contributed by atoms with Crippen LogP contribution in [0.3, 0.4) is 0 Å². The van der Waals surface area contributed by atoms with E-state index in [1.165, 1.54) is 0 Å². The van der Waals surface area contributed by atoms with Gasteiger partial charge in [0, 0.05) is 54.6 Å². The molecule has 10 nitrogen and oxygen atoms in total. The van der Waals surface area contributed by atoms with E-state index in [2.05, 4.69) is 30.3 Å². The Labute approximate surface area is 206 Å². The number of pyridine rings is 2. The Morgan fingerprint density at radius 3 is 2.61 bits per heavy atom. The maximum absolute atomic E-state index is 12.5. The molecule has 0 bridgehead atoms. The predicted molar refractivity (Wildman–Crippen MR) is 134 cm³/mol. The number of carbonyl (C=O) groups excluding carboxylic acids is 1. The fraction of sp³-hybridized carbons (Fsp3) is 0.192. The maximum Gasteiger partial charge on any atom is 0.232 e. The lowest BCUT2D eigenvalue weighted by molar-refractivity contribution is -0.115. The maximum atomic E-state index is 12.5. The average molecular weight is 482 g/mol. The third kappa shape index (κ3) is 4.53. The summed E-state index contributed by atoms with van der Waals surface area (Å²) < 4.78 is 10.8. The van der Waals surface area contributed by atoms with Crippen molar-refractivity contribution in [3.8, 4) is 22.6 Å². The molecule has 4 aromatic heterocycles. The quantitative estimate of drug-likeness (QED) is 0.377. The first kappa shape index (κ1) is 21.9. The van der Waals surface area contributed by atoms with Gasteiger partial charge in [-0.3, -0.25) is 9.78 Å². The zero-order valence-electron chi connectivity index (χ0n) is 19.3. The Balaban J connectivity index is 1.14. The fourth-order valence-electron chi connectivity index (χ4n) is 4.19. The van der Waals surface area contributed by atoms with Crippen molar-refractivity contribution in [2.24, 2.45) is 0 Å². The number of nitrogens with zero attached hydrogens (tertiary/aromatic N) is 5. The minimum atomic E-state index is -0.190. The van der Waals surface area contributed by atoms with Gasteiger partial charge in [-0.25, -0.2) is 9.97 Å². The van der Waals surface area contributed by atoms with Crippen LogP contribution >= 0.6 is 0 Å². The molecule has 2 N–H and O–H groups in total. The van der Waals surface area contributed by atoms with Crippen molar-refractivity contribution in [1.29, 1.82) is 0 Å². The van der Waals surface area contributed by atoms with E-state index in [-0.39, 0.29) is 12.3 Å². The summed E-state index contributed by atoms with van der Waals surface area (Å²) in [5, 5.41) is 6.94. The van der Waals surface area contributed by atoms with Gasteiger partial charge < -0.3 is 24.5 Å². The van der Waals surface area contributed by atoms with Gasteiger partial charge in [-0.05, 0) is 42.5 Å². The molecule has 0 aliphatic carbocycles. The highest BCUT2D eigenvalue weighted by Gasteiger charge is 2.18. The third-order valence-corrected chi connectivity index (χ3v) is 6.00. The minimum Gasteiger partial charge on any atom is -0.378 e. The monoisotopic (exact) mass is 481 g/mol. The minimum absolute atomic E-state index is 0.0841. The summed E-state index contributed by atoms with van der Waals surface area (Å²) in [7, 11) is 0. The van der Waals surface area contributed by atoms with Gasteiger partial charge in [-0.15, -0.1) is 0 Å². The summed E-state index contributed by atoms with van der Waals surface area (Å²) in [5.74, 6) is 1.91. The smallest absolute Gasteiger partial charge is 0.232 e. The summed E-state index contributed by atoms with van der Waals surface area (Å²) in [6, 6.07) is 14.9. The van der Waals surface area contributed by atoms with Crippen molar-refractivity contribution in [3.05, 3.63) is 72.9 Å². The lowest BCUT2D eigenvalue weighted by Gasteiger charge is -2.27. The van der Waals surface area contributed by atoms with Crippen LogP contribution in [0.2, 0.25) is 0 Å². The number of morpholine rings is 1. The molecule has 6 rings (SSSR count). The van der Waals surface area contributed by atoms with Crippen molar-refractivity contribution >= 4 is 28.4 Å². The van der Waals surface area contributed by atoms with E-state index in [1.807, 2.05) is 42.5 Å². The van der Waals surface area contributed by atoms with Crippen LogP contribution in [-0.2, 0) is 16.0 Å². The molecule has 0 spiro atoms. The van der Waals surface area contributed by atoms with Crippen LogP contribution in [0.5, 0.6) is 0 Å². The first-order valence-corrected chi connectivity index (χ1v) is 11.7. The number of imidazole rings is 1. The molecule has 5 heterocycles. The van der Waals surface area contributed by atoms with Crippen molar-refractivity contribution < 1.29 is 14.1 Å². The normalized spacial score (nSPS) is 13.7. The second-order valence-electron chi connectivity index (χ2n) is 8.43. The van der Waals surface area contributed by atoms with E-state index >= 15 is 0 Å². The zero-order valence-corrected chi connectivity index (χ0v) is 19.3. The van der Waals surface area contributed by atoms with Gasteiger partial charge >= 0.3 is 0 Å². The molecule has 1 aliphatic heterocycles. The molecule has 0 radical (unpaired) electrons. The molecule has 1 aromatic carbocycles. The van der Waals surface area contributed by atoms with Crippen LogP contribution in [0.4, 0.5) is 11.5 Å². The molecule has 36 heavy (non-hydrogen) atoms. The van der Waals surface area contributed by atoms with E-state index in [0.29, 0.717) is 30.4 Å². The number of rotatable bonds is 6. The topological polar surface area (TPSA) is 122 Å². The molecule has 5 aromatic rings. The van der Waals surface area contributed by atoms with E-state index in [1.54, 1.807) is 24.7 Å². The number of hydrogen-bond donors (Lipinski definition) is 2. The highest BCUT2D eigenvalue weighted by molar-refractivity contribution is 5.92. The molecule has 0 saturated carbocycles. The number of benzene rings is 1. The highest BCUT2D eigenvalue weighted by Crippen LogP contribution is 2.27. The Kier molecular flexibility index (Phi) is 5.84. The Morgan fingerprint density at radius 1 is 1.00 bits per heavy atom. The van der Waals surface area contributed by atoms with Gasteiger partial charge in [0.15, 0.2) is 5.82 Å². The lowest BCUT2D eigenvalue weighted by atomic mass is 10.1. The number of fused-ring (bicyclic) bond motifs is 1. The molecular formula is C26H23N7O3. The number of nitrogens with one attached hydrogen (secondary N) is 2. The number of anilines is 2. The number of aromatic amines is 1. The molecular weight excluding hydrogens is 458 g/mol. The van der Waals surface area contributed by atoms with E-state index in [0.717, 1.165) is 46.9 Å². The molecule has 0 unspecified atom stereocenters. The summed E-state index contributed by atoms with van der Waals surface area (Å²) in [6.07, 6.45) is 5.25. The fourth-order valence-corrected chi connectivity index (χ4v) is 4.19. The van der Waals surface area contributed by atoms with Crippen molar-refractivity contribution in [3.63, 3.8) is 0 Å². The van der Waals surface area contributed by atoms with Crippen LogP contribution in [-0.4, -0.2) is 57.3 Å². The van der Waals surface area contributed by atoms with Crippen molar-refractivity contribution in [2.45, 2.75) is 6.42 Å². The summed E-state index contributed by atoms with van der Waals surface area (Å²) in [6.45, 7) is 2.96. The number of carbonyl (C=O) groups is 1. The molecule has 1 saturated heterocycles. The van der Waals surface area contributed by atoms with Crippen LogP contribution in [0.25, 0.3) is 33.7 Å². The molecule has 10 heteroatoms. The zero-order chi connectivity index (χ0) is 24.3. The van der Waals surface area contributed by atoms with Crippen molar-refractivity contribution in [1.82, 2.24) is 25.1 Å².